The maximum Gasteiger partial charge on any atom is 0.306 e. The van der Waals surface area contributed by atoms with E-state index >= 15 is 0 Å². The molecule has 0 rings (SSSR count). The summed E-state index contributed by atoms with van der Waals surface area (Å²) in [6, 6.07) is 0. The molecule has 0 aliphatic carbocycles. The molecule has 0 aromatic heterocycles. The number of carbonyl (C=O) groups is 3. The van der Waals surface area contributed by atoms with Crippen molar-refractivity contribution in [1.29, 1.82) is 0 Å². The van der Waals surface area contributed by atoms with Gasteiger partial charge in [-0.15, -0.1) is 0 Å². The van der Waals surface area contributed by atoms with Crippen LogP contribution in [0.25, 0.3) is 0 Å². The highest BCUT2D eigenvalue weighted by molar-refractivity contribution is 5.71. The molecule has 0 fully saturated rings. The fourth-order valence-corrected chi connectivity index (χ4v) is 9.48. The number of carbonyl (C=O) groups excluding carboxylic acids is 3. The van der Waals surface area contributed by atoms with Crippen molar-refractivity contribution in [3.05, 3.63) is 24.3 Å². The molecule has 0 spiro atoms. The van der Waals surface area contributed by atoms with Crippen LogP contribution in [0.1, 0.15) is 348 Å². The van der Waals surface area contributed by atoms with Crippen molar-refractivity contribution in [2.75, 3.05) is 13.2 Å². The van der Waals surface area contributed by atoms with Crippen LogP contribution in [-0.4, -0.2) is 37.2 Å². The molecule has 0 saturated carbocycles. The van der Waals surface area contributed by atoms with Gasteiger partial charge in [0, 0.05) is 19.3 Å². The van der Waals surface area contributed by atoms with Crippen molar-refractivity contribution in [2.24, 2.45) is 0 Å². The predicted molar refractivity (Wildman–Crippen MR) is 303 cm³/mol. The second kappa shape index (κ2) is 59.5. The number of allylic oxidation sites excluding steroid dienone is 4. The maximum absolute atomic E-state index is 12.9. The van der Waals surface area contributed by atoms with Crippen LogP contribution >= 0.6 is 0 Å². The molecule has 0 N–H and O–H groups in total. The topological polar surface area (TPSA) is 78.9 Å². The molecule has 0 radical (unpaired) electrons. The summed E-state index contributed by atoms with van der Waals surface area (Å²) in [6.45, 7) is 6.66. The van der Waals surface area contributed by atoms with Gasteiger partial charge in [0.1, 0.15) is 13.2 Å². The standard InChI is InChI=1S/C64H120O6/c1-4-7-10-13-16-19-21-23-25-27-29-31-32-34-35-37-39-41-43-45-48-51-54-57-63(66)69-60-61(59-68-62(65)56-53-50-47-18-15-12-9-6-3)70-64(67)58-55-52-49-46-44-42-40-38-36-33-30-28-26-24-22-20-17-14-11-8-5-2/h22,24,28,30,61H,4-21,23,25-27,29,31-60H2,1-3H3/b24-22-,30-28-. The predicted octanol–water partition coefficient (Wildman–Crippen LogP) is 21.1. The van der Waals surface area contributed by atoms with Gasteiger partial charge in [-0.05, 0) is 51.4 Å². The van der Waals surface area contributed by atoms with Crippen molar-refractivity contribution in [1.82, 2.24) is 0 Å². The number of hydrogen-bond acceptors (Lipinski definition) is 6. The molecule has 1 unspecified atom stereocenters. The lowest BCUT2D eigenvalue weighted by molar-refractivity contribution is -0.167. The van der Waals surface area contributed by atoms with Gasteiger partial charge in [-0.3, -0.25) is 14.4 Å². The Morgan fingerprint density at radius 2 is 0.514 bits per heavy atom. The van der Waals surface area contributed by atoms with E-state index in [0.29, 0.717) is 19.3 Å². The largest absolute Gasteiger partial charge is 0.462 e. The summed E-state index contributed by atoms with van der Waals surface area (Å²) in [7, 11) is 0. The minimum Gasteiger partial charge on any atom is -0.462 e. The van der Waals surface area contributed by atoms with Gasteiger partial charge in [-0.25, -0.2) is 0 Å². The lowest BCUT2D eigenvalue weighted by atomic mass is 10.0. The highest BCUT2D eigenvalue weighted by Gasteiger charge is 2.19. The summed E-state index contributed by atoms with van der Waals surface area (Å²) in [5.41, 5.74) is 0. The molecule has 0 heterocycles. The Balaban J connectivity index is 4.14. The maximum atomic E-state index is 12.9. The van der Waals surface area contributed by atoms with Crippen molar-refractivity contribution >= 4 is 17.9 Å². The quantitative estimate of drug-likeness (QED) is 0.0261. The molecule has 1 atom stereocenters. The first-order valence-corrected chi connectivity index (χ1v) is 31.3. The average Bonchev–Trinajstić information content (AvgIpc) is 3.36. The molecule has 0 bridgehead atoms. The van der Waals surface area contributed by atoms with Crippen LogP contribution in [-0.2, 0) is 28.6 Å². The van der Waals surface area contributed by atoms with E-state index in [1.807, 2.05) is 0 Å². The summed E-state index contributed by atoms with van der Waals surface area (Å²) in [6.07, 6.45) is 70.6. The lowest BCUT2D eigenvalue weighted by Crippen LogP contribution is -2.30. The molecule has 412 valence electrons. The first-order chi connectivity index (χ1) is 34.5. The van der Waals surface area contributed by atoms with Gasteiger partial charge in [0.15, 0.2) is 6.10 Å². The third-order valence-corrected chi connectivity index (χ3v) is 14.2. The second-order valence-corrected chi connectivity index (χ2v) is 21.3. The summed E-state index contributed by atoms with van der Waals surface area (Å²) in [5.74, 6) is -0.853. The van der Waals surface area contributed by atoms with Gasteiger partial charge in [-0.1, -0.05) is 302 Å². The van der Waals surface area contributed by atoms with E-state index in [4.69, 9.17) is 14.2 Å². The smallest absolute Gasteiger partial charge is 0.306 e. The highest BCUT2D eigenvalue weighted by atomic mass is 16.6. The molecule has 0 saturated heterocycles. The van der Waals surface area contributed by atoms with Crippen LogP contribution in [0.15, 0.2) is 24.3 Å². The number of unbranched alkanes of at least 4 members (excludes halogenated alkanes) is 43. The van der Waals surface area contributed by atoms with E-state index in [2.05, 4.69) is 45.1 Å². The fourth-order valence-electron chi connectivity index (χ4n) is 9.48. The Bertz CT molecular complexity index is 1130. The number of ether oxygens (including phenoxy) is 3. The highest BCUT2D eigenvalue weighted by Crippen LogP contribution is 2.18. The van der Waals surface area contributed by atoms with Crippen molar-refractivity contribution < 1.29 is 28.6 Å². The Kier molecular flexibility index (Phi) is 57.7. The lowest BCUT2D eigenvalue weighted by Gasteiger charge is -2.18. The van der Waals surface area contributed by atoms with E-state index in [9.17, 15) is 14.4 Å². The average molecular weight is 986 g/mol. The van der Waals surface area contributed by atoms with E-state index in [0.717, 1.165) is 64.2 Å². The Labute approximate surface area is 436 Å². The van der Waals surface area contributed by atoms with Gasteiger partial charge >= 0.3 is 17.9 Å². The van der Waals surface area contributed by atoms with Crippen LogP contribution < -0.4 is 0 Å². The zero-order valence-corrected chi connectivity index (χ0v) is 47.3. The zero-order valence-electron chi connectivity index (χ0n) is 47.3. The molecule has 0 aliphatic heterocycles. The number of hydrogen-bond donors (Lipinski definition) is 0. The van der Waals surface area contributed by atoms with Crippen molar-refractivity contribution in [3.63, 3.8) is 0 Å². The van der Waals surface area contributed by atoms with Crippen LogP contribution in [0, 0.1) is 0 Å². The SMILES string of the molecule is CCCCCCC/C=C\C/C=C\CCCCCCCCCCCC(=O)OC(COC(=O)CCCCCCCCCC)COC(=O)CCCCCCCCCCCCCCCCCCCCCCCCC. The van der Waals surface area contributed by atoms with Gasteiger partial charge in [-0.2, -0.15) is 0 Å². The number of esters is 3. The minimum absolute atomic E-state index is 0.0675. The van der Waals surface area contributed by atoms with Crippen LogP contribution in [0.3, 0.4) is 0 Å². The van der Waals surface area contributed by atoms with Crippen LogP contribution in [0.5, 0.6) is 0 Å². The van der Waals surface area contributed by atoms with Gasteiger partial charge < -0.3 is 14.2 Å². The zero-order chi connectivity index (χ0) is 50.7. The van der Waals surface area contributed by atoms with Gasteiger partial charge in [0.25, 0.3) is 0 Å². The molecular weight excluding hydrogens is 865 g/mol. The first kappa shape index (κ1) is 67.9. The Hall–Kier alpha value is -2.11. The van der Waals surface area contributed by atoms with E-state index in [1.165, 1.54) is 244 Å². The molecule has 6 nitrogen and oxygen atoms in total. The monoisotopic (exact) mass is 985 g/mol. The molecule has 70 heavy (non-hydrogen) atoms. The second-order valence-electron chi connectivity index (χ2n) is 21.3. The molecule has 0 aromatic rings. The molecule has 0 aliphatic rings. The molecular formula is C64H120O6. The minimum atomic E-state index is -0.768. The normalized spacial score (nSPS) is 12.1. The third-order valence-electron chi connectivity index (χ3n) is 14.2. The van der Waals surface area contributed by atoms with Crippen LogP contribution in [0.2, 0.25) is 0 Å². The number of rotatable bonds is 58. The Morgan fingerprint density at radius 3 is 0.786 bits per heavy atom. The van der Waals surface area contributed by atoms with E-state index < -0.39 is 6.10 Å². The third kappa shape index (κ3) is 56.8. The summed E-state index contributed by atoms with van der Waals surface area (Å²) >= 11 is 0. The van der Waals surface area contributed by atoms with E-state index in [1.54, 1.807) is 0 Å². The van der Waals surface area contributed by atoms with E-state index in [-0.39, 0.29) is 31.1 Å². The molecule has 6 heteroatoms. The molecule has 0 amide bonds. The fraction of sp³-hybridized carbons (Fsp3) is 0.891. The van der Waals surface area contributed by atoms with Gasteiger partial charge in [0.2, 0.25) is 0 Å². The Morgan fingerprint density at radius 1 is 0.286 bits per heavy atom. The van der Waals surface area contributed by atoms with Crippen LogP contribution in [0.4, 0.5) is 0 Å². The summed E-state index contributed by atoms with van der Waals surface area (Å²) in [4.78, 5) is 38.1. The summed E-state index contributed by atoms with van der Waals surface area (Å²) < 4.78 is 16.9. The first-order valence-electron chi connectivity index (χ1n) is 31.3. The van der Waals surface area contributed by atoms with Crippen molar-refractivity contribution in [2.45, 2.75) is 354 Å². The van der Waals surface area contributed by atoms with Crippen molar-refractivity contribution in [3.8, 4) is 0 Å². The summed E-state index contributed by atoms with van der Waals surface area (Å²) in [5, 5.41) is 0. The molecule has 0 aromatic carbocycles. The van der Waals surface area contributed by atoms with Gasteiger partial charge in [0.05, 0.1) is 0 Å².